The Morgan fingerprint density at radius 3 is 2.55 bits per heavy atom. The number of fused-ring (bicyclic) bond motifs is 1. The Kier molecular flexibility index (Phi) is 5.63. The zero-order chi connectivity index (χ0) is 23.0. The maximum atomic E-state index is 13.4. The van der Waals surface area contributed by atoms with E-state index in [1.807, 2.05) is 37.3 Å². The molecule has 0 saturated heterocycles. The van der Waals surface area contributed by atoms with E-state index >= 15 is 0 Å². The minimum absolute atomic E-state index is 0.113. The average molecular weight is 442 g/mol. The number of nitrogens with zero attached hydrogens (tertiary/aromatic N) is 1. The molecule has 4 heteroatoms. The van der Waals surface area contributed by atoms with E-state index in [1.165, 1.54) is 17.7 Å². The Labute approximate surface area is 193 Å². The van der Waals surface area contributed by atoms with Gasteiger partial charge >= 0.3 is 0 Å². The van der Waals surface area contributed by atoms with Crippen molar-refractivity contribution >= 4 is 10.9 Å². The third kappa shape index (κ3) is 4.11. The highest BCUT2D eigenvalue weighted by molar-refractivity contribution is 5.78. The van der Waals surface area contributed by atoms with Gasteiger partial charge in [0.2, 0.25) is 0 Å². The van der Waals surface area contributed by atoms with Crippen molar-refractivity contribution in [2.24, 2.45) is 5.92 Å². The van der Waals surface area contributed by atoms with Crippen LogP contribution in [0.15, 0.2) is 78.9 Å². The summed E-state index contributed by atoms with van der Waals surface area (Å²) in [5.41, 5.74) is 4.78. The van der Waals surface area contributed by atoms with E-state index in [1.54, 1.807) is 6.07 Å². The largest absolute Gasteiger partial charge is 0.487 e. The number of aliphatic hydroxyl groups is 1. The van der Waals surface area contributed by atoms with Crippen LogP contribution in [0.1, 0.15) is 55.2 Å². The molecule has 1 N–H and O–H groups in total. The quantitative estimate of drug-likeness (QED) is 0.361. The highest BCUT2D eigenvalue weighted by atomic mass is 19.1. The van der Waals surface area contributed by atoms with E-state index in [0.717, 1.165) is 46.3 Å². The summed E-state index contributed by atoms with van der Waals surface area (Å²) in [6.07, 6.45) is 1.53. The van der Waals surface area contributed by atoms with E-state index in [9.17, 15) is 9.50 Å². The molecule has 0 bridgehead atoms. The van der Waals surface area contributed by atoms with E-state index in [0.29, 0.717) is 12.5 Å². The number of ether oxygens (including phenoxy) is 1. The maximum Gasteiger partial charge on any atom is 0.130 e. The smallest absolute Gasteiger partial charge is 0.130 e. The SMILES string of the molecule is CC1CC(c2ccccc2)(c2cc(OCc3ccc4cc(F)ccc4n3)ccc2C(C)O)C1. The zero-order valence-electron chi connectivity index (χ0n) is 19.0. The molecule has 0 amide bonds. The van der Waals surface area contributed by atoms with Gasteiger partial charge in [0.05, 0.1) is 17.3 Å². The normalized spacial score (nSPS) is 20.9. The molecule has 1 saturated carbocycles. The first-order chi connectivity index (χ1) is 15.9. The molecule has 1 heterocycles. The van der Waals surface area contributed by atoms with Crippen molar-refractivity contribution in [1.29, 1.82) is 0 Å². The van der Waals surface area contributed by atoms with Gasteiger partial charge in [-0.25, -0.2) is 9.37 Å². The lowest BCUT2D eigenvalue weighted by Crippen LogP contribution is -2.42. The molecule has 0 spiro atoms. The third-order valence-electron chi connectivity index (χ3n) is 6.81. The first-order valence-corrected chi connectivity index (χ1v) is 11.5. The van der Waals surface area contributed by atoms with E-state index in [4.69, 9.17) is 4.74 Å². The summed E-state index contributed by atoms with van der Waals surface area (Å²) < 4.78 is 19.6. The fourth-order valence-electron chi connectivity index (χ4n) is 5.28. The number of benzene rings is 3. The number of aromatic nitrogens is 1. The molecule has 168 valence electrons. The average Bonchev–Trinajstić information content (AvgIpc) is 2.80. The second-order valence-corrected chi connectivity index (χ2v) is 9.31. The summed E-state index contributed by atoms with van der Waals surface area (Å²) >= 11 is 0. The van der Waals surface area contributed by atoms with Gasteiger partial charge in [0, 0.05) is 10.8 Å². The Morgan fingerprint density at radius 2 is 1.82 bits per heavy atom. The minimum Gasteiger partial charge on any atom is -0.487 e. The second-order valence-electron chi connectivity index (χ2n) is 9.31. The lowest BCUT2D eigenvalue weighted by Gasteiger charge is -2.49. The van der Waals surface area contributed by atoms with Crippen LogP contribution in [-0.4, -0.2) is 10.1 Å². The molecule has 3 nitrogen and oxygen atoms in total. The van der Waals surface area contributed by atoms with Crippen LogP contribution in [0.3, 0.4) is 0 Å². The van der Waals surface area contributed by atoms with Crippen LogP contribution in [0.2, 0.25) is 0 Å². The zero-order valence-corrected chi connectivity index (χ0v) is 19.0. The van der Waals surface area contributed by atoms with Crippen LogP contribution in [0, 0.1) is 11.7 Å². The number of halogens is 1. The molecule has 1 atom stereocenters. The monoisotopic (exact) mass is 441 g/mol. The standard InChI is InChI=1S/C29H28FNO2/c1-19-16-29(17-19,22-6-4-3-5-7-22)27-15-25(11-12-26(27)20(2)32)33-18-24-10-8-21-14-23(30)9-13-28(21)31-24/h3-15,19-20,32H,16-18H2,1-2H3. The predicted octanol–water partition coefficient (Wildman–Crippen LogP) is 6.72. The molecule has 3 aromatic carbocycles. The number of hydrogen-bond acceptors (Lipinski definition) is 3. The summed E-state index contributed by atoms with van der Waals surface area (Å²) in [7, 11) is 0. The summed E-state index contributed by atoms with van der Waals surface area (Å²) in [6.45, 7) is 4.42. The van der Waals surface area contributed by atoms with Gasteiger partial charge in [-0.3, -0.25) is 0 Å². The maximum absolute atomic E-state index is 13.4. The van der Waals surface area contributed by atoms with E-state index in [-0.39, 0.29) is 11.2 Å². The number of pyridine rings is 1. The number of hydrogen-bond donors (Lipinski definition) is 1. The lowest BCUT2D eigenvalue weighted by atomic mass is 9.55. The second kappa shape index (κ2) is 8.60. The number of aliphatic hydroxyl groups excluding tert-OH is 1. The van der Waals surface area contributed by atoms with Crippen LogP contribution in [0.5, 0.6) is 5.75 Å². The molecule has 5 rings (SSSR count). The summed E-state index contributed by atoms with van der Waals surface area (Å²) in [5.74, 6) is 1.12. The predicted molar refractivity (Wildman–Crippen MR) is 129 cm³/mol. The summed E-state index contributed by atoms with van der Waals surface area (Å²) in [6, 6.07) is 24.9. The van der Waals surface area contributed by atoms with Crippen LogP contribution in [0.25, 0.3) is 10.9 Å². The van der Waals surface area contributed by atoms with Gasteiger partial charge < -0.3 is 9.84 Å². The molecular formula is C29H28FNO2. The molecule has 1 aliphatic carbocycles. The van der Waals surface area contributed by atoms with Crippen molar-refractivity contribution in [2.75, 3.05) is 0 Å². The Bertz CT molecular complexity index is 1280. The first-order valence-electron chi connectivity index (χ1n) is 11.5. The van der Waals surface area contributed by atoms with Crippen LogP contribution in [-0.2, 0) is 12.0 Å². The summed E-state index contributed by atoms with van der Waals surface area (Å²) in [5, 5.41) is 11.3. The van der Waals surface area contributed by atoms with Crippen LogP contribution >= 0.6 is 0 Å². The lowest BCUT2D eigenvalue weighted by molar-refractivity contribution is 0.174. The first kappa shape index (κ1) is 21.6. The molecule has 1 aromatic heterocycles. The molecule has 0 aliphatic heterocycles. The van der Waals surface area contributed by atoms with Gasteiger partial charge in [-0.2, -0.15) is 0 Å². The van der Waals surface area contributed by atoms with Crippen molar-refractivity contribution in [2.45, 2.75) is 44.8 Å². The highest BCUT2D eigenvalue weighted by Crippen LogP contribution is 2.54. The highest BCUT2D eigenvalue weighted by Gasteiger charge is 2.46. The van der Waals surface area contributed by atoms with Crippen molar-refractivity contribution in [3.63, 3.8) is 0 Å². The minimum atomic E-state index is -0.562. The van der Waals surface area contributed by atoms with Crippen molar-refractivity contribution < 1.29 is 14.2 Å². The van der Waals surface area contributed by atoms with Gasteiger partial charge in [-0.05, 0) is 78.8 Å². The third-order valence-corrected chi connectivity index (χ3v) is 6.81. The molecule has 33 heavy (non-hydrogen) atoms. The van der Waals surface area contributed by atoms with E-state index in [2.05, 4.69) is 42.2 Å². The molecule has 0 radical (unpaired) electrons. The van der Waals surface area contributed by atoms with Gasteiger partial charge in [-0.1, -0.05) is 49.4 Å². The topological polar surface area (TPSA) is 42.4 Å². The summed E-state index contributed by atoms with van der Waals surface area (Å²) in [4.78, 5) is 4.60. The van der Waals surface area contributed by atoms with Crippen molar-refractivity contribution in [3.05, 3.63) is 107 Å². The fourth-order valence-corrected chi connectivity index (χ4v) is 5.28. The van der Waals surface area contributed by atoms with Gasteiger partial charge in [0.25, 0.3) is 0 Å². The molecule has 1 fully saturated rings. The molecule has 4 aromatic rings. The van der Waals surface area contributed by atoms with Gasteiger partial charge in [-0.15, -0.1) is 0 Å². The van der Waals surface area contributed by atoms with Crippen molar-refractivity contribution in [3.8, 4) is 5.75 Å². The Hall–Kier alpha value is -3.24. The van der Waals surface area contributed by atoms with Gasteiger partial charge in [0.15, 0.2) is 0 Å². The fraction of sp³-hybridized carbons (Fsp3) is 0.276. The van der Waals surface area contributed by atoms with E-state index < -0.39 is 6.10 Å². The van der Waals surface area contributed by atoms with Gasteiger partial charge in [0.1, 0.15) is 18.2 Å². The number of rotatable bonds is 6. The Morgan fingerprint density at radius 1 is 1.03 bits per heavy atom. The molecule has 1 unspecified atom stereocenters. The van der Waals surface area contributed by atoms with Crippen LogP contribution in [0.4, 0.5) is 4.39 Å². The van der Waals surface area contributed by atoms with Crippen molar-refractivity contribution in [1.82, 2.24) is 4.98 Å². The Balaban J connectivity index is 1.46. The van der Waals surface area contributed by atoms with Crippen LogP contribution < -0.4 is 4.74 Å². The molecule has 1 aliphatic rings. The molecular weight excluding hydrogens is 413 g/mol.